The molecule has 0 radical (unpaired) electrons. The molecule has 0 saturated heterocycles. The van der Waals surface area contributed by atoms with Crippen LogP contribution in [0, 0.1) is 17.3 Å². The monoisotopic (exact) mass is 500 g/mol. The molecule has 36 heavy (non-hydrogen) atoms. The first-order valence-electron chi connectivity index (χ1n) is 11.8. The summed E-state index contributed by atoms with van der Waals surface area (Å²) in [4.78, 5) is 37.9. The predicted octanol–water partition coefficient (Wildman–Crippen LogP) is 1.09. The second kappa shape index (κ2) is 8.43. The van der Waals surface area contributed by atoms with Gasteiger partial charge in [0, 0.05) is 42.5 Å². The summed E-state index contributed by atoms with van der Waals surface area (Å²) >= 11 is 0. The van der Waals surface area contributed by atoms with E-state index in [1.54, 1.807) is 19.1 Å². The van der Waals surface area contributed by atoms with Crippen LogP contribution >= 0.6 is 0 Å². The zero-order chi connectivity index (χ0) is 26.9. The summed E-state index contributed by atoms with van der Waals surface area (Å²) in [5.41, 5.74) is 2.00. The number of carbonyl (C=O) groups is 3. The number of amides is 1. The lowest BCUT2D eigenvalue weighted by Gasteiger charge is -2.50. The molecule has 194 valence electrons. The van der Waals surface area contributed by atoms with Gasteiger partial charge < -0.3 is 36.6 Å². The number of carbonyl (C=O) groups excluding carboxylic acids is 3. The smallest absolute Gasteiger partial charge is 0.255 e. The van der Waals surface area contributed by atoms with Crippen LogP contribution in [0.2, 0.25) is 0 Å². The van der Waals surface area contributed by atoms with Gasteiger partial charge in [-0.05, 0) is 16.9 Å². The first-order chi connectivity index (χ1) is 16.6. The average molecular weight is 501 g/mol. The minimum atomic E-state index is -2.84. The first kappa shape index (κ1) is 25.9. The molecule has 0 unspecified atom stereocenters. The largest absolute Gasteiger partial charge is 0.508 e. The topological polar surface area (TPSA) is 190 Å². The van der Waals surface area contributed by atoms with Crippen molar-refractivity contribution in [1.29, 1.82) is 0 Å². The van der Waals surface area contributed by atoms with Gasteiger partial charge in [-0.2, -0.15) is 0 Å². The average Bonchev–Trinajstić information content (AvgIpc) is 2.76. The van der Waals surface area contributed by atoms with Crippen molar-refractivity contribution in [2.75, 3.05) is 6.54 Å². The van der Waals surface area contributed by atoms with Crippen molar-refractivity contribution >= 4 is 23.2 Å². The number of nitrogens with one attached hydrogen (secondary N) is 1. The van der Waals surface area contributed by atoms with E-state index < -0.39 is 70.4 Å². The van der Waals surface area contributed by atoms with Crippen molar-refractivity contribution in [3.05, 3.63) is 45.7 Å². The number of fused-ring (bicyclic) bond motifs is 3. The highest BCUT2D eigenvalue weighted by molar-refractivity contribution is 6.23. The van der Waals surface area contributed by atoms with Crippen LogP contribution in [0.25, 0.3) is 5.76 Å². The molecule has 1 fully saturated rings. The Bertz CT molecular complexity index is 1240. The first-order valence-corrected chi connectivity index (χ1v) is 11.8. The molecule has 4 rings (SSSR count). The molecule has 1 saturated carbocycles. The number of ketones is 2. The summed E-state index contributed by atoms with van der Waals surface area (Å²) in [6.45, 7) is 8.79. The second-order valence-corrected chi connectivity index (χ2v) is 11.2. The number of primary amides is 1. The third-order valence-electron chi connectivity index (χ3n) is 7.55. The van der Waals surface area contributed by atoms with Crippen LogP contribution in [0.4, 0.5) is 0 Å². The summed E-state index contributed by atoms with van der Waals surface area (Å²) in [6.07, 6.45) is -2.14. The van der Waals surface area contributed by atoms with E-state index in [4.69, 9.17) is 5.73 Å². The summed E-state index contributed by atoms with van der Waals surface area (Å²) in [7, 11) is 0. The van der Waals surface area contributed by atoms with Crippen LogP contribution in [-0.4, -0.2) is 61.3 Å². The molecular weight excluding hydrogens is 468 g/mol. The lowest BCUT2D eigenvalue weighted by Crippen LogP contribution is -2.63. The molecule has 3 aliphatic rings. The molecule has 1 aromatic carbocycles. The highest BCUT2D eigenvalue weighted by Crippen LogP contribution is 2.55. The van der Waals surface area contributed by atoms with Crippen LogP contribution in [-0.2, 0) is 20.9 Å². The Labute approximate surface area is 208 Å². The fraction of sp³-hybridized carbons (Fsp3) is 0.500. The highest BCUT2D eigenvalue weighted by Gasteiger charge is 2.64. The number of nitrogens with two attached hydrogens (primary N) is 1. The van der Waals surface area contributed by atoms with Gasteiger partial charge in [0.2, 0.25) is 5.78 Å². The lowest BCUT2D eigenvalue weighted by atomic mass is 9.55. The Balaban J connectivity index is 1.86. The Morgan fingerprint density at radius 3 is 2.42 bits per heavy atom. The Morgan fingerprint density at radius 2 is 1.83 bits per heavy atom. The zero-order valence-corrected chi connectivity index (χ0v) is 20.6. The number of aliphatic hydroxyl groups excluding tert-OH is 3. The molecule has 0 aliphatic heterocycles. The van der Waals surface area contributed by atoms with Crippen LogP contribution in [0.3, 0.4) is 0 Å². The molecule has 1 amide bonds. The number of benzene rings is 1. The predicted molar refractivity (Wildman–Crippen MR) is 129 cm³/mol. The van der Waals surface area contributed by atoms with Gasteiger partial charge in [-0.25, -0.2) is 0 Å². The van der Waals surface area contributed by atoms with Crippen molar-refractivity contribution in [3.63, 3.8) is 0 Å². The Morgan fingerprint density at radius 1 is 1.19 bits per heavy atom. The minimum absolute atomic E-state index is 0.00288. The van der Waals surface area contributed by atoms with Gasteiger partial charge in [-0.1, -0.05) is 39.8 Å². The molecule has 5 atom stereocenters. The lowest BCUT2D eigenvalue weighted by molar-refractivity contribution is -0.160. The molecule has 8 N–H and O–H groups in total. The van der Waals surface area contributed by atoms with Crippen molar-refractivity contribution in [1.82, 2.24) is 5.32 Å². The number of phenols is 1. The molecule has 0 heterocycles. The third-order valence-corrected chi connectivity index (χ3v) is 7.55. The fourth-order valence-corrected chi connectivity index (χ4v) is 5.76. The molecule has 1 aromatic rings. The van der Waals surface area contributed by atoms with Crippen LogP contribution in [0.1, 0.15) is 56.7 Å². The van der Waals surface area contributed by atoms with E-state index in [0.717, 1.165) is 0 Å². The number of hydrogen-bond acceptors (Lipinski definition) is 9. The summed E-state index contributed by atoms with van der Waals surface area (Å²) in [5, 5.41) is 58.8. The van der Waals surface area contributed by atoms with Gasteiger partial charge in [0.05, 0.1) is 11.7 Å². The SMILES string of the molecule is C[C@H]1c2ccc(CNCC(C)(C)C)c(O)c2C(O)=C2C(=O)[C@]3(O)C(O)=C(C(N)=O)C(=O)C[C@@H]3[C@@H](O)[C@@H]21. The van der Waals surface area contributed by atoms with Gasteiger partial charge in [0.15, 0.2) is 11.4 Å². The standard InChI is InChI=1S/C26H32N2O8/c1-10-12-6-5-11(8-28-9-25(2,3)4)19(30)16(12)21(32)18-15(10)20(31)13-7-14(29)17(24(27)35)22(33)26(13,36)23(18)34/h5-6,10,13,15,20,28,30-33,36H,7-9H2,1-4H3,(H2,27,35)/t10-,13+,15+,20+,26+/m0/s1. The number of rotatable bonds is 4. The number of phenolic OH excluding ortho intramolecular Hbond substituents is 1. The fourth-order valence-electron chi connectivity index (χ4n) is 5.76. The maximum absolute atomic E-state index is 13.7. The van der Waals surface area contributed by atoms with Crippen molar-refractivity contribution in [2.45, 2.75) is 58.3 Å². The van der Waals surface area contributed by atoms with E-state index in [1.165, 1.54) is 0 Å². The van der Waals surface area contributed by atoms with Gasteiger partial charge in [0.1, 0.15) is 22.8 Å². The highest BCUT2D eigenvalue weighted by atomic mass is 16.4. The van der Waals surface area contributed by atoms with E-state index in [9.17, 15) is 39.9 Å². The molecule has 0 spiro atoms. The molecule has 10 nitrogen and oxygen atoms in total. The minimum Gasteiger partial charge on any atom is -0.508 e. The normalized spacial score (nSPS) is 30.2. The van der Waals surface area contributed by atoms with E-state index in [1.807, 2.05) is 0 Å². The molecule has 3 aliphatic carbocycles. The maximum atomic E-state index is 13.7. The van der Waals surface area contributed by atoms with Gasteiger partial charge in [0.25, 0.3) is 5.91 Å². The van der Waals surface area contributed by atoms with Gasteiger partial charge in [-0.3, -0.25) is 14.4 Å². The third kappa shape index (κ3) is 3.63. The molecule has 0 aromatic heterocycles. The molecule has 10 heteroatoms. The summed E-state index contributed by atoms with van der Waals surface area (Å²) < 4.78 is 0. The number of Topliss-reactive ketones (excluding diaryl/α,β-unsaturated/α-hetero) is 2. The van der Waals surface area contributed by atoms with Crippen molar-refractivity contribution in [2.24, 2.45) is 23.0 Å². The van der Waals surface area contributed by atoms with Crippen LogP contribution < -0.4 is 11.1 Å². The quantitative estimate of drug-likeness (QED) is 0.297. The van der Waals surface area contributed by atoms with Crippen molar-refractivity contribution < 1.29 is 39.9 Å². The van der Waals surface area contributed by atoms with Gasteiger partial charge >= 0.3 is 0 Å². The Hall–Kier alpha value is -3.21. The maximum Gasteiger partial charge on any atom is 0.255 e. The number of aliphatic hydroxyl groups is 4. The zero-order valence-electron chi connectivity index (χ0n) is 20.6. The Kier molecular flexibility index (Phi) is 6.06. The summed E-state index contributed by atoms with van der Waals surface area (Å²) in [5.74, 6) is -8.58. The molecule has 0 bridgehead atoms. The van der Waals surface area contributed by atoms with Crippen LogP contribution in [0.5, 0.6) is 5.75 Å². The van der Waals surface area contributed by atoms with E-state index >= 15 is 0 Å². The number of aromatic hydroxyl groups is 1. The van der Waals surface area contributed by atoms with E-state index in [2.05, 4.69) is 26.1 Å². The second-order valence-electron chi connectivity index (χ2n) is 11.2. The van der Waals surface area contributed by atoms with Crippen molar-refractivity contribution in [3.8, 4) is 5.75 Å². The van der Waals surface area contributed by atoms with Gasteiger partial charge in [-0.15, -0.1) is 0 Å². The summed E-state index contributed by atoms with van der Waals surface area (Å²) in [6, 6.07) is 3.40. The molecular formula is C26H32N2O8. The van der Waals surface area contributed by atoms with E-state index in [0.29, 0.717) is 17.7 Å². The number of hydrogen-bond donors (Lipinski definition) is 7. The van der Waals surface area contributed by atoms with Crippen LogP contribution in [0.15, 0.2) is 29.0 Å². The van der Waals surface area contributed by atoms with E-state index in [-0.39, 0.29) is 28.8 Å².